The molecule has 0 spiro atoms. The summed E-state index contributed by atoms with van der Waals surface area (Å²) in [4.78, 5) is 13.6. The van der Waals surface area contributed by atoms with Gasteiger partial charge in [0.2, 0.25) is 0 Å². The van der Waals surface area contributed by atoms with Crippen LogP contribution in [0.2, 0.25) is 0 Å². The highest BCUT2D eigenvalue weighted by molar-refractivity contribution is 5.74. The van der Waals surface area contributed by atoms with Crippen molar-refractivity contribution >= 4 is 6.03 Å². The van der Waals surface area contributed by atoms with E-state index in [-0.39, 0.29) is 6.03 Å². The van der Waals surface area contributed by atoms with E-state index in [2.05, 4.69) is 11.4 Å². The fourth-order valence-corrected chi connectivity index (χ4v) is 1.71. The monoisotopic (exact) mass is 216 g/mol. The van der Waals surface area contributed by atoms with Crippen LogP contribution in [0, 0.1) is 0 Å². The van der Waals surface area contributed by atoms with Crippen molar-refractivity contribution in [3.63, 3.8) is 0 Å². The number of nitrogens with one attached hydrogen (secondary N) is 1. The first kappa shape index (κ1) is 10.7. The molecule has 1 heterocycles. The summed E-state index contributed by atoms with van der Waals surface area (Å²) in [7, 11) is 0. The smallest absolute Gasteiger partial charge is 0.317 e. The second-order valence-electron chi connectivity index (χ2n) is 3.85. The molecule has 1 aromatic rings. The Morgan fingerprint density at radius 2 is 2.06 bits per heavy atom. The molecule has 0 saturated heterocycles. The molecule has 3 nitrogen and oxygen atoms in total. The highest BCUT2D eigenvalue weighted by Gasteiger charge is 2.12. The van der Waals surface area contributed by atoms with Crippen molar-refractivity contribution < 1.29 is 4.79 Å². The zero-order valence-electron chi connectivity index (χ0n) is 9.23. The van der Waals surface area contributed by atoms with Gasteiger partial charge in [0.15, 0.2) is 0 Å². The highest BCUT2D eigenvalue weighted by atomic mass is 16.2. The zero-order valence-corrected chi connectivity index (χ0v) is 9.23. The van der Waals surface area contributed by atoms with Crippen LogP contribution < -0.4 is 5.32 Å². The number of nitrogens with zero attached hydrogens (tertiary/aromatic N) is 1. The van der Waals surface area contributed by atoms with E-state index in [1.165, 1.54) is 0 Å². The van der Waals surface area contributed by atoms with Crippen LogP contribution in [0.1, 0.15) is 12.0 Å². The molecule has 0 radical (unpaired) electrons. The van der Waals surface area contributed by atoms with Crippen molar-refractivity contribution in [3.05, 3.63) is 48.0 Å². The van der Waals surface area contributed by atoms with Gasteiger partial charge < -0.3 is 10.2 Å². The molecule has 0 bridgehead atoms. The summed E-state index contributed by atoms with van der Waals surface area (Å²) >= 11 is 0. The maximum absolute atomic E-state index is 11.8. The third-order valence-corrected chi connectivity index (χ3v) is 2.63. The van der Waals surface area contributed by atoms with Crippen LogP contribution in [0.3, 0.4) is 0 Å². The Morgan fingerprint density at radius 1 is 1.25 bits per heavy atom. The third-order valence-electron chi connectivity index (χ3n) is 2.63. The molecule has 2 rings (SSSR count). The predicted molar refractivity (Wildman–Crippen MR) is 64.0 cm³/mol. The number of carbonyl (C=O) groups excluding carboxylic acids is 1. The molecule has 1 aromatic carbocycles. The summed E-state index contributed by atoms with van der Waals surface area (Å²) < 4.78 is 0. The van der Waals surface area contributed by atoms with Gasteiger partial charge in [0.05, 0.1) is 0 Å². The van der Waals surface area contributed by atoms with Gasteiger partial charge in [0, 0.05) is 19.6 Å². The summed E-state index contributed by atoms with van der Waals surface area (Å²) in [6, 6.07) is 9.97. The standard InChI is InChI=1S/C13H16N2O/c16-13(15-9-5-2-6-10-15)14-11-12-7-3-1-4-8-12/h1-5,7-8H,6,9-11H2,(H,14,16). The fraction of sp³-hybridized carbons (Fsp3) is 0.308. The number of urea groups is 1. The van der Waals surface area contributed by atoms with Crippen LogP contribution in [0.4, 0.5) is 4.79 Å². The Balaban J connectivity index is 1.82. The average molecular weight is 216 g/mol. The van der Waals surface area contributed by atoms with E-state index in [0.717, 1.165) is 25.1 Å². The number of hydrogen-bond acceptors (Lipinski definition) is 1. The van der Waals surface area contributed by atoms with E-state index < -0.39 is 0 Å². The molecule has 1 aliphatic rings. The Kier molecular flexibility index (Phi) is 3.59. The van der Waals surface area contributed by atoms with Crippen LogP contribution in [-0.2, 0) is 6.54 Å². The van der Waals surface area contributed by atoms with E-state index in [0.29, 0.717) is 6.54 Å². The summed E-state index contributed by atoms with van der Waals surface area (Å²) in [5, 5.41) is 2.92. The molecule has 1 N–H and O–H groups in total. The van der Waals surface area contributed by atoms with Crippen LogP contribution >= 0.6 is 0 Å². The molecule has 0 saturated carbocycles. The second kappa shape index (κ2) is 5.35. The van der Waals surface area contributed by atoms with Gasteiger partial charge in [0.1, 0.15) is 0 Å². The summed E-state index contributed by atoms with van der Waals surface area (Å²) in [5.74, 6) is 0. The largest absolute Gasteiger partial charge is 0.334 e. The summed E-state index contributed by atoms with van der Waals surface area (Å²) in [5.41, 5.74) is 1.13. The maximum Gasteiger partial charge on any atom is 0.317 e. The van der Waals surface area contributed by atoms with E-state index in [4.69, 9.17) is 0 Å². The maximum atomic E-state index is 11.8. The number of carbonyl (C=O) groups is 1. The van der Waals surface area contributed by atoms with Crippen molar-refractivity contribution in [2.45, 2.75) is 13.0 Å². The first-order chi connectivity index (χ1) is 7.86. The number of rotatable bonds is 2. The SMILES string of the molecule is O=C(NCc1ccccc1)N1CC=CCC1. The van der Waals surface area contributed by atoms with Crippen molar-refractivity contribution in [2.75, 3.05) is 13.1 Å². The van der Waals surface area contributed by atoms with Crippen LogP contribution in [0.25, 0.3) is 0 Å². The first-order valence-corrected chi connectivity index (χ1v) is 5.58. The van der Waals surface area contributed by atoms with Crippen molar-refractivity contribution in [1.29, 1.82) is 0 Å². The molecule has 1 aliphatic heterocycles. The quantitative estimate of drug-likeness (QED) is 0.755. The lowest BCUT2D eigenvalue weighted by atomic mass is 10.2. The molecule has 2 amide bonds. The molecular weight excluding hydrogens is 200 g/mol. The lowest BCUT2D eigenvalue weighted by Crippen LogP contribution is -2.41. The van der Waals surface area contributed by atoms with Gasteiger partial charge >= 0.3 is 6.03 Å². The van der Waals surface area contributed by atoms with Gasteiger partial charge in [-0.1, -0.05) is 42.5 Å². The van der Waals surface area contributed by atoms with E-state index in [9.17, 15) is 4.79 Å². The van der Waals surface area contributed by atoms with Crippen LogP contribution in [0.15, 0.2) is 42.5 Å². The van der Waals surface area contributed by atoms with Gasteiger partial charge in [-0.05, 0) is 12.0 Å². The van der Waals surface area contributed by atoms with E-state index in [1.54, 1.807) is 0 Å². The van der Waals surface area contributed by atoms with Gasteiger partial charge in [-0.2, -0.15) is 0 Å². The Labute approximate surface area is 95.8 Å². The highest BCUT2D eigenvalue weighted by Crippen LogP contribution is 2.02. The summed E-state index contributed by atoms with van der Waals surface area (Å²) in [6.45, 7) is 2.14. The Morgan fingerprint density at radius 3 is 2.75 bits per heavy atom. The lowest BCUT2D eigenvalue weighted by molar-refractivity contribution is 0.202. The van der Waals surface area contributed by atoms with Gasteiger partial charge in [-0.15, -0.1) is 0 Å². The molecule has 0 unspecified atom stereocenters. The minimum Gasteiger partial charge on any atom is -0.334 e. The Bertz CT molecular complexity index is 373. The van der Waals surface area contributed by atoms with E-state index in [1.807, 2.05) is 41.3 Å². The molecular formula is C13H16N2O. The van der Waals surface area contributed by atoms with Gasteiger partial charge in [-0.3, -0.25) is 0 Å². The second-order valence-corrected chi connectivity index (χ2v) is 3.85. The topological polar surface area (TPSA) is 32.3 Å². The zero-order chi connectivity index (χ0) is 11.2. The van der Waals surface area contributed by atoms with Gasteiger partial charge in [0.25, 0.3) is 0 Å². The van der Waals surface area contributed by atoms with Crippen molar-refractivity contribution in [2.24, 2.45) is 0 Å². The number of benzene rings is 1. The molecule has 16 heavy (non-hydrogen) atoms. The third kappa shape index (κ3) is 2.86. The number of hydrogen-bond donors (Lipinski definition) is 1. The number of amides is 2. The minimum absolute atomic E-state index is 0.0215. The Hall–Kier alpha value is -1.77. The molecule has 3 heteroatoms. The molecule has 0 aromatic heterocycles. The molecule has 84 valence electrons. The van der Waals surface area contributed by atoms with Gasteiger partial charge in [-0.25, -0.2) is 4.79 Å². The fourth-order valence-electron chi connectivity index (χ4n) is 1.71. The van der Waals surface area contributed by atoms with E-state index >= 15 is 0 Å². The van der Waals surface area contributed by atoms with Crippen molar-refractivity contribution in [3.8, 4) is 0 Å². The summed E-state index contributed by atoms with van der Waals surface area (Å²) in [6.07, 6.45) is 5.10. The predicted octanol–water partition coefficient (Wildman–Crippen LogP) is 2.16. The lowest BCUT2D eigenvalue weighted by Gasteiger charge is -2.23. The van der Waals surface area contributed by atoms with Crippen LogP contribution in [-0.4, -0.2) is 24.0 Å². The van der Waals surface area contributed by atoms with Crippen molar-refractivity contribution in [1.82, 2.24) is 10.2 Å². The first-order valence-electron chi connectivity index (χ1n) is 5.58. The van der Waals surface area contributed by atoms with Crippen LogP contribution in [0.5, 0.6) is 0 Å². The molecule has 0 aliphatic carbocycles. The molecule has 0 fully saturated rings. The molecule has 0 atom stereocenters. The minimum atomic E-state index is 0.0215. The average Bonchev–Trinajstić information content (AvgIpc) is 2.38. The normalized spacial score (nSPS) is 14.9.